The normalized spacial score (nSPS) is 16.9. The molecule has 1 N–H and O–H groups in total. The molecule has 1 fully saturated rings. The van der Waals surface area contributed by atoms with Crippen LogP contribution in [0.5, 0.6) is 0 Å². The molecule has 0 bridgehead atoms. The zero-order valence-electron chi connectivity index (χ0n) is 14.3. The van der Waals surface area contributed by atoms with Crippen molar-refractivity contribution in [2.75, 3.05) is 16.8 Å². The van der Waals surface area contributed by atoms with Crippen LogP contribution in [0.2, 0.25) is 0 Å². The molecule has 1 amide bonds. The molecule has 1 saturated heterocycles. The minimum absolute atomic E-state index is 0.0341. The number of anilines is 2. The molecule has 1 aliphatic rings. The molecule has 5 rings (SSSR count). The van der Waals surface area contributed by atoms with Crippen LogP contribution in [0.3, 0.4) is 0 Å². The molecule has 0 aliphatic carbocycles. The van der Waals surface area contributed by atoms with Crippen LogP contribution in [0.25, 0.3) is 22.4 Å². The van der Waals surface area contributed by atoms with Crippen LogP contribution in [-0.4, -0.2) is 28.5 Å². The van der Waals surface area contributed by atoms with Crippen molar-refractivity contribution in [3.63, 3.8) is 0 Å². The molecule has 1 unspecified atom stereocenters. The van der Waals surface area contributed by atoms with Gasteiger partial charge in [0, 0.05) is 28.9 Å². The molecule has 136 valence electrons. The average Bonchev–Trinajstić information content (AvgIpc) is 3.47. The zero-order chi connectivity index (χ0) is 18.2. The van der Waals surface area contributed by atoms with Crippen LogP contribution >= 0.6 is 22.7 Å². The monoisotopic (exact) mass is 396 g/mol. The molecule has 3 aromatic heterocycles. The topological polar surface area (TPSA) is 71.3 Å². The van der Waals surface area contributed by atoms with Gasteiger partial charge in [0.25, 0.3) is 0 Å². The summed E-state index contributed by atoms with van der Waals surface area (Å²) in [6.07, 6.45) is 3.58. The smallest absolute Gasteiger partial charge is 0.248 e. The molecule has 8 heteroatoms. The Morgan fingerprint density at radius 3 is 3.07 bits per heavy atom. The van der Waals surface area contributed by atoms with Gasteiger partial charge in [-0.05, 0) is 25.0 Å². The van der Waals surface area contributed by atoms with Gasteiger partial charge in [0.05, 0.1) is 0 Å². The van der Waals surface area contributed by atoms with E-state index in [-0.39, 0.29) is 11.9 Å². The van der Waals surface area contributed by atoms with Gasteiger partial charge in [-0.1, -0.05) is 18.2 Å². The minimum Gasteiger partial charge on any atom is -0.454 e. The van der Waals surface area contributed by atoms with Crippen molar-refractivity contribution in [2.24, 2.45) is 0 Å². The Labute approximate surface area is 163 Å². The fourth-order valence-corrected chi connectivity index (χ4v) is 4.79. The summed E-state index contributed by atoms with van der Waals surface area (Å²) < 4.78 is 5.85. The van der Waals surface area contributed by atoms with E-state index >= 15 is 0 Å². The van der Waals surface area contributed by atoms with Gasteiger partial charge >= 0.3 is 0 Å². The number of amides is 1. The maximum Gasteiger partial charge on any atom is 0.248 e. The van der Waals surface area contributed by atoms with Gasteiger partial charge in [-0.3, -0.25) is 4.79 Å². The second-order valence-electron chi connectivity index (χ2n) is 6.34. The van der Waals surface area contributed by atoms with Crippen molar-refractivity contribution in [2.45, 2.75) is 18.9 Å². The second-order valence-corrected chi connectivity index (χ2v) is 8.07. The third-order valence-corrected chi connectivity index (χ3v) is 6.20. The van der Waals surface area contributed by atoms with E-state index in [2.05, 4.69) is 20.2 Å². The average molecular weight is 396 g/mol. The number of thiazole rings is 2. The summed E-state index contributed by atoms with van der Waals surface area (Å²) in [5.41, 5.74) is 1.56. The van der Waals surface area contributed by atoms with Gasteiger partial charge < -0.3 is 14.6 Å². The zero-order valence-corrected chi connectivity index (χ0v) is 15.9. The van der Waals surface area contributed by atoms with Gasteiger partial charge in [-0.15, -0.1) is 22.7 Å². The van der Waals surface area contributed by atoms with Gasteiger partial charge in [0.1, 0.15) is 17.3 Å². The van der Waals surface area contributed by atoms with Gasteiger partial charge in [0.15, 0.2) is 16.0 Å². The van der Waals surface area contributed by atoms with Crippen LogP contribution in [0.15, 0.2) is 51.7 Å². The summed E-state index contributed by atoms with van der Waals surface area (Å²) in [4.78, 5) is 23.7. The molecule has 0 radical (unpaired) electrons. The lowest BCUT2D eigenvalue weighted by Gasteiger charge is -2.22. The lowest BCUT2D eigenvalue weighted by Crippen LogP contribution is -2.39. The Balaban J connectivity index is 1.33. The Morgan fingerprint density at radius 1 is 1.30 bits per heavy atom. The molecule has 1 aromatic carbocycles. The van der Waals surface area contributed by atoms with Crippen LogP contribution in [-0.2, 0) is 4.79 Å². The van der Waals surface area contributed by atoms with E-state index in [0.717, 1.165) is 41.2 Å². The number of carbonyl (C=O) groups excluding carboxylic acids is 1. The Hall–Kier alpha value is -2.71. The maximum absolute atomic E-state index is 12.8. The number of rotatable bonds is 4. The number of hydrogen-bond acceptors (Lipinski definition) is 7. The third kappa shape index (κ3) is 3.11. The van der Waals surface area contributed by atoms with Crippen molar-refractivity contribution in [3.8, 4) is 11.5 Å². The molecular weight excluding hydrogens is 380 g/mol. The number of nitrogens with zero attached hydrogens (tertiary/aromatic N) is 3. The highest BCUT2D eigenvalue weighted by molar-refractivity contribution is 7.14. The second kappa shape index (κ2) is 6.79. The molecular formula is C19H16N4O2S2. The number of para-hydroxylation sites is 1. The number of fused-ring (bicyclic) bond motifs is 1. The summed E-state index contributed by atoms with van der Waals surface area (Å²) in [5.74, 6) is 0.673. The third-order valence-electron chi connectivity index (χ3n) is 4.63. The summed E-state index contributed by atoms with van der Waals surface area (Å²) in [5, 5.41) is 9.32. The van der Waals surface area contributed by atoms with E-state index in [9.17, 15) is 4.79 Å². The fraction of sp³-hybridized carbons (Fsp3) is 0.211. The summed E-state index contributed by atoms with van der Waals surface area (Å²) >= 11 is 2.97. The van der Waals surface area contributed by atoms with E-state index in [1.807, 2.05) is 41.1 Å². The minimum atomic E-state index is -0.199. The van der Waals surface area contributed by atoms with Crippen molar-refractivity contribution in [1.82, 2.24) is 9.97 Å². The highest BCUT2D eigenvalue weighted by Crippen LogP contribution is 2.31. The predicted molar refractivity (Wildman–Crippen MR) is 108 cm³/mol. The number of hydrogen-bond donors (Lipinski definition) is 1. The molecule has 6 nitrogen and oxygen atoms in total. The largest absolute Gasteiger partial charge is 0.454 e. The standard InChI is InChI=1S/C19H16N4O2S2/c24-17(14-5-3-8-23(14)19-20-7-9-26-19)22-18-21-13(11-27-18)16-10-12-4-1-2-6-15(12)25-16/h1-2,4,6-7,9-11,14H,3,5,8H2,(H,21,22,24). The fourth-order valence-electron chi connectivity index (χ4n) is 3.37. The molecule has 0 spiro atoms. The van der Waals surface area contributed by atoms with Crippen LogP contribution in [0.1, 0.15) is 12.8 Å². The maximum atomic E-state index is 12.8. The van der Waals surface area contributed by atoms with Gasteiger partial charge in [-0.2, -0.15) is 0 Å². The first-order valence-electron chi connectivity index (χ1n) is 8.69. The lowest BCUT2D eigenvalue weighted by atomic mass is 10.2. The Bertz CT molecular complexity index is 1050. The number of carbonyl (C=O) groups is 1. The highest BCUT2D eigenvalue weighted by atomic mass is 32.1. The first kappa shape index (κ1) is 16.5. The number of benzene rings is 1. The molecule has 1 aliphatic heterocycles. The molecule has 27 heavy (non-hydrogen) atoms. The molecule has 0 saturated carbocycles. The lowest BCUT2D eigenvalue weighted by molar-refractivity contribution is -0.117. The molecule has 4 heterocycles. The van der Waals surface area contributed by atoms with Crippen molar-refractivity contribution >= 4 is 49.8 Å². The van der Waals surface area contributed by atoms with Crippen LogP contribution < -0.4 is 10.2 Å². The Morgan fingerprint density at radius 2 is 2.22 bits per heavy atom. The summed E-state index contributed by atoms with van der Waals surface area (Å²) in [7, 11) is 0. The van der Waals surface area contributed by atoms with Gasteiger partial charge in [-0.25, -0.2) is 9.97 Å². The molecule has 1 atom stereocenters. The van der Waals surface area contributed by atoms with Crippen LogP contribution in [0.4, 0.5) is 10.3 Å². The van der Waals surface area contributed by atoms with Crippen molar-refractivity contribution < 1.29 is 9.21 Å². The van der Waals surface area contributed by atoms with Crippen molar-refractivity contribution in [3.05, 3.63) is 47.3 Å². The summed E-state index contributed by atoms with van der Waals surface area (Å²) in [6.45, 7) is 0.855. The first-order valence-corrected chi connectivity index (χ1v) is 10.5. The van der Waals surface area contributed by atoms with E-state index in [4.69, 9.17) is 4.42 Å². The number of furan rings is 1. The number of aromatic nitrogens is 2. The van der Waals surface area contributed by atoms with E-state index < -0.39 is 0 Å². The molecule has 4 aromatic rings. The SMILES string of the molecule is O=C(Nc1nc(-c2cc3ccccc3o2)cs1)C1CCCN1c1nccs1. The van der Waals surface area contributed by atoms with Crippen LogP contribution in [0, 0.1) is 0 Å². The van der Waals surface area contributed by atoms with E-state index in [1.165, 1.54) is 11.3 Å². The predicted octanol–water partition coefficient (Wildman–Crippen LogP) is 4.62. The van der Waals surface area contributed by atoms with Gasteiger partial charge in [0.2, 0.25) is 5.91 Å². The quantitative estimate of drug-likeness (QED) is 0.545. The summed E-state index contributed by atoms with van der Waals surface area (Å²) in [6, 6.07) is 9.63. The van der Waals surface area contributed by atoms with E-state index in [0.29, 0.717) is 10.9 Å². The van der Waals surface area contributed by atoms with E-state index in [1.54, 1.807) is 17.5 Å². The first-order chi connectivity index (χ1) is 13.3. The number of nitrogens with one attached hydrogen (secondary N) is 1. The highest BCUT2D eigenvalue weighted by Gasteiger charge is 2.32. The Kier molecular flexibility index (Phi) is 4.14. The van der Waals surface area contributed by atoms with Crippen molar-refractivity contribution in [1.29, 1.82) is 0 Å².